The average Bonchev–Trinajstić information content (AvgIpc) is 2.38. The van der Waals surface area contributed by atoms with Crippen LogP contribution in [-0.2, 0) is 16.6 Å². The molecule has 0 spiro atoms. The minimum atomic E-state index is -3.62. The van der Waals surface area contributed by atoms with E-state index in [0.29, 0.717) is 23.9 Å². The number of benzene rings is 1. The highest BCUT2D eigenvalue weighted by atomic mass is 35.5. The Bertz CT molecular complexity index is 547. The first-order valence-electron chi connectivity index (χ1n) is 6.53. The molecule has 114 valence electrons. The van der Waals surface area contributed by atoms with E-state index in [9.17, 15) is 8.42 Å². The SMILES string of the molecule is CCCNCc1cc(Cl)cc(S(=O)(=O)NCC)c1OC. The normalized spacial score (nSPS) is 11.6. The molecule has 0 bridgehead atoms. The second kappa shape index (κ2) is 7.83. The van der Waals surface area contributed by atoms with Crippen molar-refractivity contribution in [1.29, 1.82) is 0 Å². The van der Waals surface area contributed by atoms with Crippen LogP contribution in [-0.4, -0.2) is 28.6 Å². The summed E-state index contributed by atoms with van der Waals surface area (Å²) in [5, 5.41) is 3.58. The van der Waals surface area contributed by atoms with Crippen LogP contribution in [0.2, 0.25) is 5.02 Å². The van der Waals surface area contributed by atoms with Crippen LogP contribution in [0, 0.1) is 0 Å². The van der Waals surface area contributed by atoms with Gasteiger partial charge in [-0.15, -0.1) is 0 Å². The summed E-state index contributed by atoms with van der Waals surface area (Å²) in [6.45, 7) is 5.43. The summed E-state index contributed by atoms with van der Waals surface area (Å²) in [5.41, 5.74) is 0.727. The van der Waals surface area contributed by atoms with Crippen molar-refractivity contribution in [2.45, 2.75) is 31.7 Å². The first-order chi connectivity index (χ1) is 9.46. The molecule has 0 heterocycles. The molecule has 0 radical (unpaired) electrons. The van der Waals surface area contributed by atoms with Gasteiger partial charge in [0, 0.05) is 23.7 Å². The maximum Gasteiger partial charge on any atom is 0.244 e. The van der Waals surface area contributed by atoms with Gasteiger partial charge < -0.3 is 10.1 Å². The molecule has 0 saturated heterocycles. The van der Waals surface area contributed by atoms with Gasteiger partial charge in [0.1, 0.15) is 10.6 Å². The second-order valence-corrected chi connectivity index (χ2v) is 6.45. The molecule has 2 N–H and O–H groups in total. The largest absolute Gasteiger partial charge is 0.495 e. The van der Waals surface area contributed by atoms with Crippen LogP contribution >= 0.6 is 11.6 Å². The zero-order valence-electron chi connectivity index (χ0n) is 12.0. The van der Waals surface area contributed by atoms with Crippen LogP contribution in [0.5, 0.6) is 5.75 Å². The van der Waals surface area contributed by atoms with Crippen molar-refractivity contribution >= 4 is 21.6 Å². The van der Waals surface area contributed by atoms with Crippen molar-refractivity contribution in [3.05, 3.63) is 22.7 Å². The second-order valence-electron chi connectivity index (χ2n) is 4.27. The molecular weight excluding hydrogens is 300 g/mol. The van der Waals surface area contributed by atoms with Crippen LogP contribution in [0.1, 0.15) is 25.8 Å². The number of hydrogen-bond acceptors (Lipinski definition) is 4. The monoisotopic (exact) mass is 320 g/mol. The van der Waals surface area contributed by atoms with Crippen LogP contribution in [0.15, 0.2) is 17.0 Å². The average molecular weight is 321 g/mol. The van der Waals surface area contributed by atoms with Crippen molar-refractivity contribution in [3.63, 3.8) is 0 Å². The highest BCUT2D eigenvalue weighted by molar-refractivity contribution is 7.89. The molecule has 0 aliphatic rings. The van der Waals surface area contributed by atoms with Crippen molar-refractivity contribution < 1.29 is 13.2 Å². The number of sulfonamides is 1. The van der Waals surface area contributed by atoms with Gasteiger partial charge in [-0.2, -0.15) is 0 Å². The molecule has 0 aliphatic heterocycles. The third kappa shape index (κ3) is 4.34. The summed E-state index contributed by atoms with van der Waals surface area (Å²) in [5.74, 6) is 0.332. The molecule has 0 saturated carbocycles. The van der Waals surface area contributed by atoms with Crippen LogP contribution in [0.25, 0.3) is 0 Å². The molecule has 0 atom stereocenters. The molecule has 1 rings (SSSR count). The lowest BCUT2D eigenvalue weighted by Gasteiger charge is -2.15. The van der Waals surface area contributed by atoms with E-state index in [1.54, 1.807) is 13.0 Å². The highest BCUT2D eigenvalue weighted by Crippen LogP contribution is 2.31. The predicted molar refractivity (Wildman–Crippen MR) is 80.9 cm³/mol. The number of rotatable bonds is 8. The van der Waals surface area contributed by atoms with Crippen LogP contribution < -0.4 is 14.8 Å². The van der Waals surface area contributed by atoms with E-state index < -0.39 is 10.0 Å². The standard InChI is InChI=1S/C13H21ClN2O3S/c1-4-6-15-9-10-7-11(14)8-12(13(10)19-3)20(17,18)16-5-2/h7-8,15-16H,4-6,9H2,1-3H3. The van der Waals surface area contributed by atoms with Gasteiger partial charge in [-0.25, -0.2) is 13.1 Å². The minimum Gasteiger partial charge on any atom is -0.495 e. The van der Waals surface area contributed by atoms with Crippen molar-refractivity contribution in [3.8, 4) is 5.75 Å². The van der Waals surface area contributed by atoms with Crippen molar-refractivity contribution in [2.75, 3.05) is 20.2 Å². The fourth-order valence-electron chi connectivity index (χ4n) is 1.85. The number of hydrogen-bond donors (Lipinski definition) is 2. The van der Waals surface area contributed by atoms with Gasteiger partial charge in [-0.3, -0.25) is 0 Å². The third-order valence-corrected chi connectivity index (χ3v) is 4.44. The third-order valence-electron chi connectivity index (χ3n) is 2.67. The van der Waals surface area contributed by atoms with E-state index in [2.05, 4.69) is 17.0 Å². The smallest absolute Gasteiger partial charge is 0.244 e. The van der Waals surface area contributed by atoms with Crippen LogP contribution in [0.3, 0.4) is 0 Å². The molecule has 20 heavy (non-hydrogen) atoms. The number of methoxy groups -OCH3 is 1. The highest BCUT2D eigenvalue weighted by Gasteiger charge is 2.22. The van der Waals surface area contributed by atoms with Crippen molar-refractivity contribution in [1.82, 2.24) is 10.0 Å². The van der Waals surface area contributed by atoms with E-state index in [1.165, 1.54) is 13.2 Å². The zero-order valence-corrected chi connectivity index (χ0v) is 13.6. The number of nitrogens with one attached hydrogen (secondary N) is 2. The molecule has 0 fully saturated rings. The fraction of sp³-hybridized carbons (Fsp3) is 0.538. The molecule has 1 aromatic rings. The Morgan fingerprint density at radius 3 is 2.55 bits per heavy atom. The molecule has 0 amide bonds. The quantitative estimate of drug-likeness (QED) is 0.720. The lowest BCUT2D eigenvalue weighted by atomic mass is 10.2. The predicted octanol–water partition coefficient (Wildman–Crippen LogP) is 2.15. The molecule has 0 aromatic heterocycles. The van der Waals surface area contributed by atoms with E-state index >= 15 is 0 Å². The Kier molecular flexibility index (Phi) is 6.75. The number of ether oxygens (including phenoxy) is 1. The van der Waals surface area contributed by atoms with Gasteiger partial charge >= 0.3 is 0 Å². The van der Waals surface area contributed by atoms with E-state index in [4.69, 9.17) is 16.3 Å². The molecule has 0 aliphatic carbocycles. The van der Waals surface area contributed by atoms with Gasteiger partial charge in [0.25, 0.3) is 0 Å². The fourth-order valence-corrected chi connectivity index (χ4v) is 3.43. The Balaban J connectivity index is 3.24. The Labute approximate surface area is 125 Å². The Morgan fingerprint density at radius 2 is 2.00 bits per heavy atom. The molecule has 7 heteroatoms. The summed E-state index contributed by atoms with van der Waals surface area (Å²) >= 11 is 6.02. The molecule has 0 unspecified atom stereocenters. The summed E-state index contributed by atoms with van der Waals surface area (Å²) in [6, 6.07) is 3.12. The topological polar surface area (TPSA) is 67.4 Å². The lowest BCUT2D eigenvalue weighted by molar-refractivity contribution is 0.395. The van der Waals surface area contributed by atoms with Crippen molar-refractivity contribution in [2.24, 2.45) is 0 Å². The maximum atomic E-state index is 12.2. The van der Waals surface area contributed by atoms with E-state index in [0.717, 1.165) is 18.5 Å². The van der Waals surface area contributed by atoms with E-state index in [1.807, 2.05) is 0 Å². The first kappa shape index (κ1) is 17.2. The lowest BCUT2D eigenvalue weighted by Crippen LogP contribution is -2.24. The first-order valence-corrected chi connectivity index (χ1v) is 8.39. The summed E-state index contributed by atoms with van der Waals surface area (Å²) < 4.78 is 32.1. The van der Waals surface area contributed by atoms with E-state index in [-0.39, 0.29) is 4.90 Å². The van der Waals surface area contributed by atoms with Gasteiger partial charge in [-0.1, -0.05) is 25.4 Å². The van der Waals surface area contributed by atoms with Gasteiger partial charge in [0.15, 0.2) is 0 Å². The van der Waals surface area contributed by atoms with Gasteiger partial charge in [-0.05, 0) is 25.1 Å². The van der Waals surface area contributed by atoms with Crippen LogP contribution in [0.4, 0.5) is 0 Å². The summed E-state index contributed by atoms with van der Waals surface area (Å²) in [7, 11) is -2.16. The Hall–Kier alpha value is -0.820. The molecule has 5 nitrogen and oxygen atoms in total. The molecular formula is C13H21ClN2O3S. The molecule has 1 aromatic carbocycles. The van der Waals surface area contributed by atoms with Gasteiger partial charge in [0.2, 0.25) is 10.0 Å². The van der Waals surface area contributed by atoms with Gasteiger partial charge in [0.05, 0.1) is 7.11 Å². The summed E-state index contributed by atoms with van der Waals surface area (Å²) in [6.07, 6.45) is 0.991. The Morgan fingerprint density at radius 1 is 1.30 bits per heavy atom. The maximum absolute atomic E-state index is 12.2. The summed E-state index contributed by atoms with van der Waals surface area (Å²) in [4.78, 5) is 0.0719. The zero-order chi connectivity index (χ0) is 15.2. The minimum absolute atomic E-state index is 0.0719. The number of halogens is 1.